The van der Waals surface area contributed by atoms with Crippen LogP contribution < -0.4 is 5.32 Å². The summed E-state index contributed by atoms with van der Waals surface area (Å²) in [6, 6.07) is 2.72. The molecule has 0 fully saturated rings. The van der Waals surface area contributed by atoms with Gasteiger partial charge in [0.15, 0.2) is 0 Å². The molecule has 1 aromatic carbocycles. The Morgan fingerprint density at radius 2 is 2.19 bits per heavy atom. The quantitative estimate of drug-likeness (QED) is 0.854. The van der Waals surface area contributed by atoms with Crippen molar-refractivity contribution in [3.8, 4) is 0 Å². The lowest BCUT2D eigenvalue weighted by Gasteiger charge is -2.14. The van der Waals surface area contributed by atoms with Gasteiger partial charge < -0.3 is 10.1 Å². The highest BCUT2D eigenvalue weighted by Crippen LogP contribution is 2.17. The highest BCUT2D eigenvalue weighted by molar-refractivity contribution is 5.77. The van der Waals surface area contributed by atoms with E-state index in [0.29, 0.717) is 0 Å². The van der Waals surface area contributed by atoms with E-state index in [1.165, 1.54) is 13.2 Å². The molecular formula is C11H13F2NO2. The van der Waals surface area contributed by atoms with Gasteiger partial charge in [-0.3, -0.25) is 4.79 Å². The van der Waals surface area contributed by atoms with Crippen LogP contribution in [0.1, 0.15) is 18.5 Å². The number of halogens is 2. The lowest BCUT2D eigenvalue weighted by molar-refractivity contribution is -0.125. The van der Waals surface area contributed by atoms with Crippen molar-refractivity contribution in [2.45, 2.75) is 13.0 Å². The smallest absolute Gasteiger partial charge is 0.246 e. The molecule has 1 rings (SSSR count). The molecular weight excluding hydrogens is 216 g/mol. The van der Waals surface area contributed by atoms with Crippen molar-refractivity contribution < 1.29 is 18.3 Å². The van der Waals surface area contributed by atoms with Crippen LogP contribution in [0, 0.1) is 11.6 Å². The molecule has 0 spiro atoms. The Labute approximate surface area is 92.4 Å². The van der Waals surface area contributed by atoms with Gasteiger partial charge in [-0.05, 0) is 13.0 Å². The SMILES string of the molecule is COCC(=O)NC(C)c1ccc(F)cc1F. The minimum absolute atomic E-state index is 0.0901. The second kappa shape index (κ2) is 5.55. The molecule has 1 N–H and O–H groups in total. The lowest BCUT2D eigenvalue weighted by atomic mass is 10.1. The van der Waals surface area contributed by atoms with E-state index in [1.807, 2.05) is 0 Å². The molecule has 0 aliphatic heterocycles. The second-order valence-electron chi connectivity index (χ2n) is 3.39. The zero-order valence-electron chi connectivity index (χ0n) is 9.09. The molecule has 1 amide bonds. The van der Waals surface area contributed by atoms with E-state index < -0.39 is 17.7 Å². The maximum atomic E-state index is 13.3. The molecule has 1 aromatic rings. The number of hydrogen-bond donors (Lipinski definition) is 1. The summed E-state index contributed by atoms with van der Waals surface area (Å²) in [7, 11) is 1.39. The van der Waals surface area contributed by atoms with Crippen LogP contribution in [-0.2, 0) is 9.53 Å². The third-order valence-corrected chi connectivity index (χ3v) is 2.08. The summed E-state index contributed by atoms with van der Waals surface area (Å²) in [4.78, 5) is 11.2. The van der Waals surface area contributed by atoms with Crippen LogP contribution >= 0.6 is 0 Å². The van der Waals surface area contributed by atoms with Gasteiger partial charge in [0.05, 0.1) is 6.04 Å². The Hall–Kier alpha value is -1.49. The van der Waals surface area contributed by atoms with Crippen LogP contribution in [0.15, 0.2) is 18.2 Å². The zero-order chi connectivity index (χ0) is 12.1. The molecule has 0 aliphatic carbocycles. The van der Waals surface area contributed by atoms with Crippen LogP contribution in [0.3, 0.4) is 0 Å². The maximum Gasteiger partial charge on any atom is 0.246 e. The third-order valence-electron chi connectivity index (χ3n) is 2.08. The van der Waals surface area contributed by atoms with Crippen LogP contribution in [0.2, 0.25) is 0 Å². The average molecular weight is 229 g/mol. The fourth-order valence-corrected chi connectivity index (χ4v) is 1.34. The minimum Gasteiger partial charge on any atom is -0.375 e. The monoisotopic (exact) mass is 229 g/mol. The van der Waals surface area contributed by atoms with Crippen LogP contribution in [0.25, 0.3) is 0 Å². The molecule has 0 saturated heterocycles. The summed E-state index contributed by atoms with van der Waals surface area (Å²) in [5, 5.41) is 2.53. The van der Waals surface area contributed by atoms with Gasteiger partial charge in [0.1, 0.15) is 18.2 Å². The summed E-state index contributed by atoms with van der Waals surface area (Å²) >= 11 is 0. The lowest BCUT2D eigenvalue weighted by Crippen LogP contribution is -2.30. The molecule has 1 unspecified atom stereocenters. The van der Waals surface area contributed by atoms with Crippen LogP contribution in [0.5, 0.6) is 0 Å². The van der Waals surface area contributed by atoms with Crippen molar-refractivity contribution in [3.05, 3.63) is 35.4 Å². The largest absolute Gasteiger partial charge is 0.375 e. The van der Waals surface area contributed by atoms with Crippen LogP contribution in [0.4, 0.5) is 8.78 Å². The summed E-state index contributed by atoms with van der Waals surface area (Å²) in [6.45, 7) is 1.52. The molecule has 0 aromatic heterocycles. The van der Waals surface area contributed by atoms with Gasteiger partial charge in [-0.15, -0.1) is 0 Å². The van der Waals surface area contributed by atoms with Crippen molar-refractivity contribution in [2.75, 3.05) is 13.7 Å². The number of carbonyl (C=O) groups is 1. The van der Waals surface area contributed by atoms with Gasteiger partial charge in [-0.1, -0.05) is 6.07 Å². The highest BCUT2D eigenvalue weighted by atomic mass is 19.1. The van der Waals surface area contributed by atoms with E-state index in [2.05, 4.69) is 10.1 Å². The first kappa shape index (κ1) is 12.6. The van der Waals surface area contributed by atoms with E-state index >= 15 is 0 Å². The number of amides is 1. The first-order chi connectivity index (χ1) is 7.54. The van der Waals surface area contributed by atoms with Crippen molar-refractivity contribution in [2.24, 2.45) is 0 Å². The highest BCUT2D eigenvalue weighted by Gasteiger charge is 2.13. The Balaban J connectivity index is 2.72. The summed E-state index contributed by atoms with van der Waals surface area (Å²) in [5.41, 5.74) is 0.242. The number of nitrogens with one attached hydrogen (secondary N) is 1. The predicted octanol–water partition coefficient (Wildman–Crippen LogP) is 1.79. The van der Waals surface area contributed by atoms with Gasteiger partial charge >= 0.3 is 0 Å². The summed E-state index contributed by atoms with van der Waals surface area (Å²) < 4.78 is 30.6. The number of ether oxygens (including phenoxy) is 1. The summed E-state index contributed by atoms with van der Waals surface area (Å²) in [6.07, 6.45) is 0. The number of rotatable bonds is 4. The first-order valence-electron chi connectivity index (χ1n) is 4.78. The fraction of sp³-hybridized carbons (Fsp3) is 0.364. The Morgan fingerprint density at radius 3 is 2.75 bits per heavy atom. The van der Waals surface area contributed by atoms with E-state index in [9.17, 15) is 13.6 Å². The van der Waals surface area contributed by atoms with E-state index in [1.54, 1.807) is 6.92 Å². The maximum absolute atomic E-state index is 13.3. The number of benzene rings is 1. The molecule has 0 bridgehead atoms. The number of hydrogen-bond acceptors (Lipinski definition) is 2. The van der Waals surface area contributed by atoms with Gasteiger partial charge in [0, 0.05) is 18.7 Å². The zero-order valence-corrected chi connectivity index (χ0v) is 9.09. The molecule has 3 nitrogen and oxygen atoms in total. The standard InChI is InChI=1S/C11H13F2NO2/c1-7(14-11(15)6-16-2)9-4-3-8(12)5-10(9)13/h3-5,7H,6H2,1-2H3,(H,14,15). The molecule has 16 heavy (non-hydrogen) atoms. The van der Waals surface area contributed by atoms with Gasteiger partial charge in [-0.2, -0.15) is 0 Å². The second-order valence-corrected chi connectivity index (χ2v) is 3.39. The summed E-state index contributed by atoms with van der Waals surface area (Å²) in [5.74, 6) is -1.67. The molecule has 0 saturated carbocycles. The molecule has 0 radical (unpaired) electrons. The van der Waals surface area contributed by atoms with Crippen LogP contribution in [-0.4, -0.2) is 19.6 Å². The molecule has 88 valence electrons. The Morgan fingerprint density at radius 1 is 1.50 bits per heavy atom. The Kier molecular flexibility index (Phi) is 4.37. The first-order valence-corrected chi connectivity index (χ1v) is 4.78. The van der Waals surface area contributed by atoms with E-state index in [0.717, 1.165) is 12.1 Å². The predicted molar refractivity (Wildman–Crippen MR) is 54.8 cm³/mol. The fourth-order valence-electron chi connectivity index (χ4n) is 1.34. The van der Waals surface area contributed by atoms with Crippen molar-refractivity contribution in [1.82, 2.24) is 5.32 Å². The number of carbonyl (C=O) groups excluding carboxylic acids is 1. The van der Waals surface area contributed by atoms with Gasteiger partial charge in [0.25, 0.3) is 0 Å². The molecule has 5 heteroatoms. The normalized spacial score (nSPS) is 12.2. The third kappa shape index (κ3) is 3.27. The number of methoxy groups -OCH3 is 1. The van der Waals surface area contributed by atoms with Crippen molar-refractivity contribution in [3.63, 3.8) is 0 Å². The topological polar surface area (TPSA) is 38.3 Å². The van der Waals surface area contributed by atoms with E-state index in [-0.39, 0.29) is 18.1 Å². The molecule has 0 aliphatic rings. The molecule has 1 atom stereocenters. The van der Waals surface area contributed by atoms with Gasteiger partial charge in [0.2, 0.25) is 5.91 Å². The van der Waals surface area contributed by atoms with Crippen molar-refractivity contribution in [1.29, 1.82) is 0 Å². The Bertz CT molecular complexity index is 382. The van der Waals surface area contributed by atoms with Crippen molar-refractivity contribution >= 4 is 5.91 Å². The minimum atomic E-state index is -0.676. The molecule has 0 heterocycles. The van der Waals surface area contributed by atoms with Gasteiger partial charge in [-0.25, -0.2) is 8.78 Å². The average Bonchev–Trinajstić information content (AvgIpc) is 2.17. The van der Waals surface area contributed by atoms with E-state index in [4.69, 9.17) is 0 Å².